The molecule has 0 aromatic heterocycles. The van der Waals surface area contributed by atoms with E-state index >= 15 is 0 Å². The minimum absolute atomic E-state index is 0. The SMILES string of the molecule is CCO.CN(C)C(=O)N(C)C.O. The molecule has 0 aliphatic carbocycles. The summed E-state index contributed by atoms with van der Waals surface area (Å²) in [5.74, 6) is 0. The lowest BCUT2D eigenvalue weighted by atomic mass is 10.7. The quantitative estimate of drug-likeness (QED) is 0.540. The number of aliphatic hydroxyl groups excluding tert-OH is 1. The first-order valence-electron chi connectivity index (χ1n) is 3.46. The van der Waals surface area contributed by atoms with Crippen LogP contribution in [0.15, 0.2) is 0 Å². The molecule has 0 heterocycles. The molecule has 0 atom stereocenters. The van der Waals surface area contributed by atoms with E-state index in [1.54, 1.807) is 35.1 Å². The molecule has 0 spiro atoms. The van der Waals surface area contributed by atoms with Gasteiger partial charge in [0.1, 0.15) is 0 Å². The summed E-state index contributed by atoms with van der Waals surface area (Å²) in [4.78, 5) is 13.8. The van der Waals surface area contributed by atoms with Gasteiger partial charge in [0.05, 0.1) is 0 Å². The maximum Gasteiger partial charge on any atom is 0.318 e. The molecule has 0 aliphatic heterocycles. The first-order chi connectivity index (χ1) is 4.97. The van der Waals surface area contributed by atoms with Gasteiger partial charge in [-0.1, -0.05) is 0 Å². The fraction of sp³-hybridized carbons (Fsp3) is 0.857. The summed E-state index contributed by atoms with van der Waals surface area (Å²) >= 11 is 0. The van der Waals surface area contributed by atoms with Crippen LogP contribution in [0.25, 0.3) is 0 Å². The minimum Gasteiger partial charge on any atom is -0.412 e. The van der Waals surface area contributed by atoms with Crippen molar-refractivity contribution in [2.45, 2.75) is 6.92 Å². The first-order valence-corrected chi connectivity index (χ1v) is 3.46. The van der Waals surface area contributed by atoms with Crippen LogP contribution in [0.5, 0.6) is 0 Å². The number of urea groups is 1. The van der Waals surface area contributed by atoms with Crippen LogP contribution in [0.4, 0.5) is 4.79 Å². The van der Waals surface area contributed by atoms with Crippen molar-refractivity contribution in [1.82, 2.24) is 9.80 Å². The van der Waals surface area contributed by atoms with Crippen LogP contribution in [0.2, 0.25) is 0 Å². The van der Waals surface area contributed by atoms with Gasteiger partial charge in [-0.3, -0.25) is 0 Å². The number of hydrogen-bond acceptors (Lipinski definition) is 2. The highest BCUT2D eigenvalue weighted by molar-refractivity contribution is 5.72. The summed E-state index contributed by atoms with van der Waals surface area (Å²) in [5.41, 5.74) is 0. The van der Waals surface area contributed by atoms with Gasteiger partial charge in [-0.2, -0.15) is 0 Å². The van der Waals surface area contributed by atoms with Gasteiger partial charge >= 0.3 is 6.03 Å². The van der Waals surface area contributed by atoms with Crippen LogP contribution in [0.1, 0.15) is 6.92 Å². The largest absolute Gasteiger partial charge is 0.412 e. The maximum absolute atomic E-state index is 10.7. The molecule has 0 aromatic rings. The van der Waals surface area contributed by atoms with Crippen LogP contribution >= 0.6 is 0 Å². The monoisotopic (exact) mass is 180 g/mol. The highest BCUT2D eigenvalue weighted by Crippen LogP contribution is 1.83. The second kappa shape index (κ2) is 10.2. The van der Waals surface area contributed by atoms with Gasteiger partial charge in [0.2, 0.25) is 0 Å². The molecule has 0 radical (unpaired) electrons. The van der Waals surface area contributed by atoms with Crippen molar-refractivity contribution in [1.29, 1.82) is 0 Å². The van der Waals surface area contributed by atoms with Crippen LogP contribution in [0, 0.1) is 0 Å². The molecule has 5 nitrogen and oxygen atoms in total. The molecule has 0 bridgehead atoms. The van der Waals surface area contributed by atoms with E-state index < -0.39 is 0 Å². The van der Waals surface area contributed by atoms with Crippen molar-refractivity contribution in [2.75, 3.05) is 34.8 Å². The molecule has 0 saturated heterocycles. The smallest absolute Gasteiger partial charge is 0.318 e. The molecular weight excluding hydrogens is 160 g/mol. The average molecular weight is 180 g/mol. The predicted molar refractivity (Wildman–Crippen MR) is 49.1 cm³/mol. The minimum atomic E-state index is 0. The number of nitrogens with zero attached hydrogens (tertiary/aromatic N) is 2. The third-order valence-electron chi connectivity index (χ3n) is 0.765. The van der Waals surface area contributed by atoms with E-state index in [1.165, 1.54) is 9.80 Å². The highest BCUT2D eigenvalue weighted by Gasteiger charge is 2.02. The van der Waals surface area contributed by atoms with E-state index in [9.17, 15) is 4.79 Å². The zero-order valence-electron chi connectivity index (χ0n) is 8.46. The van der Waals surface area contributed by atoms with Gasteiger partial charge in [-0.25, -0.2) is 4.79 Å². The van der Waals surface area contributed by atoms with Gasteiger partial charge in [0.25, 0.3) is 0 Å². The number of hydrogen-bond donors (Lipinski definition) is 1. The molecule has 0 rings (SSSR count). The van der Waals surface area contributed by atoms with Crippen molar-refractivity contribution >= 4 is 6.03 Å². The van der Waals surface area contributed by atoms with Crippen molar-refractivity contribution in [2.24, 2.45) is 0 Å². The standard InChI is InChI=1S/C5H12N2O.C2H6O.H2O/c1-6(2)5(8)7(3)4;1-2-3;/h1-4H3;3H,2H2,1H3;1H2. The van der Waals surface area contributed by atoms with Crippen molar-refractivity contribution in [3.63, 3.8) is 0 Å². The molecule has 0 aromatic carbocycles. The maximum atomic E-state index is 10.7. The second-order valence-corrected chi connectivity index (χ2v) is 2.39. The van der Waals surface area contributed by atoms with E-state index in [2.05, 4.69) is 0 Å². The molecule has 0 fully saturated rings. The Morgan fingerprint density at radius 2 is 1.33 bits per heavy atom. The van der Waals surface area contributed by atoms with E-state index in [1.807, 2.05) is 0 Å². The molecule has 2 amide bonds. The molecular formula is C7H20N2O3. The summed E-state index contributed by atoms with van der Waals surface area (Å²) in [6, 6.07) is 0.0185. The van der Waals surface area contributed by atoms with Crippen molar-refractivity contribution < 1.29 is 15.4 Å². The van der Waals surface area contributed by atoms with E-state index in [-0.39, 0.29) is 18.1 Å². The van der Waals surface area contributed by atoms with Crippen molar-refractivity contribution in [3.8, 4) is 0 Å². The Kier molecular flexibility index (Phi) is 14.7. The van der Waals surface area contributed by atoms with Gasteiger partial charge in [-0.15, -0.1) is 0 Å². The summed E-state index contributed by atoms with van der Waals surface area (Å²) in [6.07, 6.45) is 0. The van der Waals surface area contributed by atoms with Crippen LogP contribution in [-0.2, 0) is 0 Å². The van der Waals surface area contributed by atoms with Gasteiger partial charge < -0.3 is 20.4 Å². The molecule has 0 aliphatic rings. The van der Waals surface area contributed by atoms with Crippen molar-refractivity contribution in [3.05, 3.63) is 0 Å². The summed E-state index contributed by atoms with van der Waals surface area (Å²) in [5, 5.41) is 7.57. The topological polar surface area (TPSA) is 75.3 Å². The first kappa shape index (κ1) is 17.3. The number of aliphatic hydroxyl groups is 1. The Hall–Kier alpha value is -0.810. The lowest BCUT2D eigenvalue weighted by Crippen LogP contribution is -2.33. The number of carbonyl (C=O) groups is 1. The van der Waals surface area contributed by atoms with E-state index in [0.29, 0.717) is 0 Å². The Balaban J connectivity index is -0.000000177. The highest BCUT2D eigenvalue weighted by atomic mass is 16.2. The molecule has 5 heteroatoms. The number of carbonyl (C=O) groups excluding carboxylic acids is 1. The summed E-state index contributed by atoms with van der Waals surface area (Å²) in [6.45, 7) is 1.93. The Bertz CT molecular complexity index is 94.8. The average Bonchev–Trinajstić information content (AvgIpc) is 1.87. The molecule has 12 heavy (non-hydrogen) atoms. The molecule has 76 valence electrons. The zero-order chi connectivity index (χ0) is 9.44. The fourth-order valence-corrected chi connectivity index (χ4v) is 0.400. The Labute approximate surface area is 73.9 Å². The Morgan fingerprint density at radius 1 is 1.17 bits per heavy atom. The predicted octanol–water partition coefficient (Wildman–Crippen LogP) is -0.596. The van der Waals surface area contributed by atoms with Gasteiger partial charge in [0.15, 0.2) is 0 Å². The molecule has 0 unspecified atom stereocenters. The molecule has 0 saturated carbocycles. The van der Waals surface area contributed by atoms with E-state index in [4.69, 9.17) is 5.11 Å². The van der Waals surface area contributed by atoms with Crippen LogP contribution in [-0.4, -0.2) is 61.2 Å². The fourth-order valence-electron chi connectivity index (χ4n) is 0.400. The lowest BCUT2D eigenvalue weighted by molar-refractivity contribution is 0.191. The third kappa shape index (κ3) is 11.9. The second-order valence-electron chi connectivity index (χ2n) is 2.39. The third-order valence-corrected chi connectivity index (χ3v) is 0.765. The Morgan fingerprint density at radius 3 is 1.33 bits per heavy atom. The van der Waals surface area contributed by atoms with Crippen LogP contribution < -0.4 is 0 Å². The number of rotatable bonds is 0. The lowest BCUT2D eigenvalue weighted by Gasteiger charge is -2.16. The normalized spacial score (nSPS) is 7.17. The summed E-state index contributed by atoms with van der Waals surface area (Å²) < 4.78 is 0. The summed E-state index contributed by atoms with van der Waals surface area (Å²) in [7, 11) is 6.90. The van der Waals surface area contributed by atoms with E-state index in [0.717, 1.165) is 0 Å². The van der Waals surface area contributed by atoms with Gasteiger partial charge in [-0.05, 0) is 6.92 Å². The molecule has 3 N–H and O–H groups in total. The number of amides is 2. The van der Waals surface area contributed by atoms with Gasteiger partial charge in [0, 0.05) is 34.8 Å². The van der Waals surface area contributed by atoms with Crippen LogP contribution in [0.3, 0.4) is 0 Å². The zero-order valence-corrected chi connectivity index (χ0v) is 8.46.